The molecule has 10 aromatic rings. The van der Waals surface area contributed by atoms with E-state index in [-0.39, 0.29) is 32.1 Å². The molecule has 4 heterocycles. The predicted molar refractivity (Wildman–Crippen MR) is 288 cm³/mol. The fourth-order valence-electron chi connectivity index (χ4n) is 11.9. The monoisotopic (exact) mass is 1080 g/mol. The van der Waals surface area contributed by atoms with E-state index < -0.39 is 25.8 Å². The summed E-state index contributed by atoms with van der Waals surface area (Å²) < 4.78 is 25.7. The Bertz CT molecular complexity index is 3630. The Hall–Kier alpha value is -5.88. The van der Waals surface area contributed by atoms with Gasteiger partial charge in [-0.15, -0.1) is 0 Å². The SMILES string of the molecule is Cc1cc(C)cc(-c2c(C)c(C)cc3c2C=C(c2cc(-c4ccc5occc5c4)co2)[CH]3[Zr+2]([CH]2C(c3cc(-c4ccc5occc5c4)co3)=Cc3c2cc(C)c(C)c3-c2cc(C)cc(C)c2)=[Si](C)C)c1.[Cl-].[Cl-]. The van der Waals surface area contributed by atoms with Gasteiger partial charge >= 0.3 is 421 Å². The van der Waals surface area contributed by atoms with Gasteiger partial charge in [0.05, 0.1) is 0 Å². The zero-order valence-electron chi connectivity index (χ0n) is 42.4. The molecule has 2 aliphatic rings. The van der Waals surface area contributed by atoms with Crippen molar-refractivity contribution in [3.8, 4) is 44.5 Å². The first-order valence-corrected chi connectivity index (χ1v) is 33.5. The topological polar surface area (TPSA) is 52.6 Å². The van der Waals surface area contributed by atoms with Crippen molar-refractivity contribution >= 4 is 50.7 Å². The number of fused-ring (bicyclic) bond motifs is 4. The van der Waals surface area contributed by atoms with E-state index in [1.54, 1.807) is 12.5 Å². The predicted octanol–water partition coefficient (Wildman–Crippen LogP) is 12.3. The quantitative estimate of drug-likeness (QED) is 0.142. The van der Waals surface area contributed by atoms with Gasteiger partial charge in [0.1, 0.15) is 0 Å². The normalized spacial score (nSPS) is 14.6. The molecular formula is C64H56Cl2O4SiZr. The molecule has 0 radical (unpaired) electrons. The molecule has 2 atom stereocenters. The van der Waals surface area contributed by atoms with Crippen molar-refractivity contribution in [2.24, 2.45) is 0 Å². The molecule has 12 rings (SSSR count). The molecule has 2 unspecified atom stereocenters. The van der Waals surface area contributed by atoms with Crippen molar-refractivity contribution in [1.82, 2.24) is 0 Å². The van der Waals surface area contributed by atoms with E-state index in [9.17, 15) is 0 Å². The van der Waals surface area contributed by atoms with Crippen LogP contribution in [0.1, 0.15) is 85.5 Å². The average Bonchev–Trinajstić information content (AvgIpc) is 4.19. The van der Waals surface area contributed by atoms with Gasteiger partial charge in [0, 0.05) is 0 Å². The minimum Gasteiger partial charge on any atom is -1.00 e. The van der Waals surface area contributed by atoms with Crippen molar-refractivity contribution < 1.29 is 62.8 Å². The Morgan fingerprint density at radius 2 is 0.819 bits per heavy atom. The van der Waals surface area contributed by atoms with Gasteiger partial charge in [-0.2, -0.15) is 0 Å². The third-order valence-electron chi connectivity index (χ3n) is 15.2. The van der Waals surface area contributed by atoms with E-state index in [1.165, 1.54) is 100 Å². The van der Waals surface area contributed by atoms with Crippen LogP contribution in [0, 0.1) is 55.4 Å². The van der Waals surface area contributed by atoms with Crippen LogP contribution in [0.25, 0.3) is 89.7 Å². The maximum atomic E-state index is 6.90. The molecule has 358 valence electrons. The van der Waals surface area contributed by atoms with Crippen LogP contribution in [0.2, 0.25) is 13.1 Å². The maximum absolute atomic E-state index is 6.90. The molecule has 72 heavy (non-hydrogen) atoms. The fourth-order valence-corrected chi connectivity index (χ4v) is 31.7. The minimum atomic E-state index is -2.97. The molecule has 0 saturated carbocycles. The standard InChI is InChI=1S/2C31H25O2.C2H6Si.2ClH.Zr/c2*1-18-9-19(2)11-26(10-18)31-21(4)20(3)12-24-14-25(15-28(24)31)30-16-27(17-33-30)22-5-6-29-23(13-22)7-8-32-29;1-3-2;;;/h2*5-17H,1-4H3;1-2H3;2*1H;/q;;;;;+2/p-2. The minimum absolute atomic E-state index is 0. The summed E-state index contributed by atoms with van der Waals surface area (Å²) in [6.45, 7) is 23.4. The molecule has 8 heteroatoms. The van der Waals surface area contributed by atoms with E-state index >= 15 is 0 Å². The summed E-state index contributed by atoms with van der Waals surface area (Å²) in [5.74, 6) is 1.92. The Morgan fingerprint density at radius 3 is 1.21 bits per heavy atom. The molecule has 0 saturated heterocycles. The molecule has 0 amide bonds. The summed E-state index contributed by atoms with van der Waals surface area (Å²) >= 11 is -2.97. The number of hydrogen-bond donors (Lipinski definition) is 0. The Morgan fingerprint density at radius 1 is 0.417 bits per heavy atom. The number of hydrogen-bond acceptors (Lipinski definition) is 4. The van der Waals surface area contributed by atoms with Crippen molar-refractivity contribution in [1.29, 1.82) is 0 Å². The third-order valence-corrected chi connectivity index (χ3v) is 34.4. The van der Waals surface area contributed by atoms with Gasteiger partial charge in [-0.25, -0.2) is 0 Å². The molecule has 6 aromatic carbocycles. The molecule has 4 aromatic heterocycles. The van der Waals surface area contributed by atoms with E-state index in [0.717, 1.165) is 55.7 Å². The van der Waals surface area contributed by atoms with Crippen LogP contribution < -0.4 is 24.8 Å². The van der Waals surface area contributed by atoms with Crippen molar-refractivity contribution in [3.63, 3.8) is 0 Å². The van der Waals surface area contributed by atoms with E-state index in [0.29, 0.717) is 0 Å². The second kappa shape index (κ2) is 19.2. The van der Waals surface area contributed by atoms with Gasteiger partial charge in [0.25, 0.3) is 0 Å². The van der Waals surface area contributed by atoms with Crippen LogP contribution in [0.3, 0.4) is 0 Å². The first-order chi connectivity index (χ1) is 33.8. The molecule has 0 N–H and O–H groups in total. The zero-order valence-corrected chi connectivity index (χ0v) is 47.4. The van der Waals surface area contributed by atoms with Crippen molar-refractivity contribution in [3.05, 3.63) is 213 Å². The summed E-state index contributed by atoms with van der Waals surface area (Å²) in [4.78, 5) is 0. The summed E-state index contributed by atoms with van der Waals surface area (Å²) in [5, 5.41) is 2.17. The fraction of sp³-hybridized carbons (Fsp3) is 0.188. The molecule has 4 nitrogen and oxygen atoms in total. The van der Waals surface area contributed by atoms with Crippen molar-refractivity contribution in [2.45, 2.75) is 75.7 Å². The van der Waals surface area contributed by atoms with Gasteiger partial charge in [-0.1, -0.05) is 0 Å². The summed E-state index contributed by atoms with van der Waals surface area (Å²) in [6.07, 6.45) is 12.6. The van der Waals surface area contributed by atoms with Crippen LogP contribution >= 0.6 is 0 Å². The number of rotatable bonds is 8. The number of aryl methyl sites for hydroxylation is 6. The smallest absolute Gasteiger partial charge is 1.00 e. The number of halogens is 2. The van der Waals surface area contributed by atoms with Gasteiger partial charge in [-0.05, 0) is 0 Å². The number of furan rings is 4. The Labute approximate surface area is 442 Å². The van der Waals surface area contributed by atoms with Gasteiger partial charge in [0.2, 0.25) is 0 Å². The molecule has 0 spiro atoms. The average molecular weight is 1080 g/mol. The van der Waals surface area contributed by atoms with Gasteiger partial charge < -0.3 is 24.8 Å². The first kappa shape index (κ1) is 49.7. The van der Waals surface area contributed by atoms with Crippen molar-refractivity contribution in [2.75, 3.05) is 0 Å². The van der Waals surface area contributed by atoms with Gasteiger partial charge in [0.15, 0.2) is 0 Å². The molecule has 0 aliphatic heterocycles. The van der Waals surface area contributed by atoms with Gasteiger partial charge in [-0.3, -0.25) is 0 Å². The second-order valence-corrected chi connectivity index (χ2v) is 38.3. The second-order valence-electron chi connectivity index (χ2n) is 20.4. The number of allylic oxidation sites excluding steroid dienone is 2. The van der Waals surface area contributed by atoms with Crippen LogP contribution in [0.5, 0.6) is 0 Å². The maximum Gasteiger partial charge on any atom is -1.00 e. The summed E-state index contributed by atoms with van der Waals surface area (Å²) in [7, 11) is 0. The van der Waals surface area contributed by atoms with Crippen LogP contribution in [0.4, 0.5) is 0 Å². The van der Waals surface area contributed by atoms with E-state index in [1.807, 2.05) is 24.7 Å². The van der Waals surface area contributed by atoms with Crippen LogP contribution in [-0.2, 0) is 20.4 Å². The largest absolute Gasteiger partial charge is 1.00 e. The summed E-state index contributed by atoms with van der Waals surface area (Å²) in [6, 6.07) is 40.8. The van der Waals surface area contributed by atoms with Crippen LogP contribution in [0.15, 0.2) is 152 Å². The summed E-state index contributed by atoms with van der Waals surface area (Å²) in [5.41, 5.74) is 29.2. The Balaban J connectivity index is 0.00000298. The molecule has 2 aliphatic carbocycles. The zero-order chi connectivity index (χ0) is 48.3. The molecular weight excluding hydrogens is 1020 g/mol. The van der Waals surface area contributed by atoms with E-state index in [2.05, 4.69) is 178 Å². The molecule has 0 fully saturated rings. The third kappa shape index (κ3) is 8.43. The van der Waals surface area contributed by atoms with E-state index in [4.69, 9.17) is 17.7 Å². The molecule has 0 bridgehead atoms. The van der Waals surface area contributed by atoms with Crippen LogP contribution in [-0.4, -0.2) is 5.43 Å². The number of benzene rings is 6. The first-order valence-electron chi connectivity index (χ1n) is 24.5. The Kier molecular flexibility index (Phi) is 13.2.